The van der Waals surface area contributed by atoms with Crippen LogP contribution in [0.2, 0.25) is 5.02 Å². The maximum Gasteiger partial charge on any atom is 0.147 e. The summed E-state index contributed by atoms with van der Waals surface area (Å²) in [6, 6.07) is 3.96. The van der Waals surface area contributed by atoms with Gasteiger partial charge >= 0.3 is 0 Å². The summed E-state index contributed by atoms with van der Waals surface area (Å²) in [6.45, 7) is 0.796. The molecule has 0 radical (unpaired) electrons. The lowest BCUT2D eigenvalue weighted by Crippen LogP contribution is -2.17. The Morgan fingerprint density at radius 2 is 2.12 bits per heavy atom. The second kappa shape index (κ2) is 5.69. The number of aromatic nitrogens is 1. The molecule has 0 saturated carbocycles. The zero-order valence-electron chi connectivity index (χ0n) is 8.95. The molecule has 0 aliphatic rings. The first kappa shape index (κ1) is 13.3. The van der Waals surface area contributed by atoms with Crippen LogP contribution < -0.4 is 4.90 Å². The average Bonchev–Trinajstić information content (AvgIpc) is 2.63. The van der Waals surface area contributed by atoms with E-state index in [0.29, 0.717) is 5.02 Å². The fourth-order valence-electron chi connectivity index (χ4n) is 1.43. The molecular formula is C11H9Br2ClN2S. The minimum Gasteiger partial charge on any atom is -0.353 e. The second-order valence-electron chi connectivity index (χ2n) is 3.55. The number of hydrogen-bond donors (Lipinski definition) is 0. The lowest BCUT2D eigenvalue weighted by Gasteiger charge is -2.18. The topological polar surface area (TPSA) is 16.1 Å². The predicted octanol–water partition coefficient (Wildman–Crippen LogP) is 4.96. The molecule has 2 heterocycles. The van der Waals surface area contributed by atoms with Gasteiger partial charge in [0.1, 0.15) is 5.82 Å². The SMILES string of the molecule is CN(Cc1cc(Br)cs1)c1ncc(Br)cc1Cl. The van der Waals surface area contributed by atoms with Crippen molar-refractivity contribution in [3.05, 3.63) is 42.6 Å². The Kier molecular flexibility index (Phi) is 4.47. The van der Waals surface area contributed by atoms with Gasteiger partial charge in [-0.05, 0) is 44.0 Å². The maximum absolute atomic E-state index is 6.16. The first-order chi connectivity index (χ1) is 8.06. The molecule has 0 saturated heterocycles. The summed E-state index contributed by atoms with van der Waals surface area (Å²) >= 11 is 14.7. The third-order valence-electron chi connectivity index (χ3n) is 2.16. The molecule has 0 aliphatic heterocycles. The van der Waals surface area contributed by atoms with Crippen LogP contribution in [0.15, 0.2) is 32.7 Å². The van der Waals surface area contributed by atoms with Crippen LogP contribution in [0.5, 0.6) is 0 Å². The summed E-state index contributed by atoms with van der Waals surface area (Å²) in [7, 11) is 1.98. The van der Waals surface area contributed by atoms with Gasteiger partial charge in [0.2, 0.25) is 0 Å². The quantitative estimate of drug-likeness (QED) is 0.729. The Bertz CT molecular complexity index is 530. The lowest BCUT2D eigenvalue weighted by molar-refractivity contribution is 0.912. The molecule has 2 aromatic heterocycles. The highest BCUT2D eigenvalue weighted by molar-refractivity contribution is 9.10. The number of anilines is 1. The van der Waals surface area contributed by atoms with Gasteiger partial charge < -0.3 is 4.90 Å². The maximum atomic E-state index is 6.16. The van der Waals surface area contributed by atoms with E-state index in [1.165, 1.54) is 4.88 Å². The van der Waals surface area contributed by atoms with E-state index in [-0.39, 0.29) is 0 Å². The van der Waals surface area contributed by atoms with Crippen LogP contribution in [0, 0.1) is 0 Å². The molecule has 2 nitrogen and oxygen atoms in total. The molecule has 90 valence electrons. The van der Waals surface area contributed by atoms with Crippen LogP contribution in [0.25, 0.3) is 0 Å². The van der Waals surface area contributed by atoms with Crippen molar-refractivity contribution < 1.29 is 0 Å². The first-order valence-corrected chi connectivity index (χ1v) is 7.65. The largest absolute Gasteiger partial charge is 0.353 e. The normalized spacial score (nSPS) is 10.6. The van der Waals surface area contributed by atoms with Crippen LogP contribution in [-0.2, 0) is 6.54 Å². The lowest BCUT2D eigenvalue weighted by atomic mass is 10.4. The highest BCUT2D eigenvalue weighted by Crippen LogP contribution is 2.28. The molecule has 0 N–H and O–H groups in total. The summed E-state index contributed by atoms with van der Waals surface area (Å²) in [6.07, 6.45) is 1.75. The smallest absolute Gasteiger partial charge is 0.147 e. The van der Waals surface area contributed by atoms with Crippen LogP contribution in [0.4, 0.5) is 5.82 Å². The van der Waals surface area contributed by atoms with Crippen molar-refractivity contribution in [3.8, 4) is 0 Å². The number of hydrogen-bond acceptors (Lipinski definition) is 3. The van der Waals surface area contributed by atoms with Gasteiger partial charge in [-0.1, -0.05) is 11.6 Å². The third kappa shape index (κ3) is 3.44. The summed E-state index contributed by atoms with van der Waals surface area (Å²) in [5.41, 5.74) is 0. The summed E-state index contributed by atoms with van der Waals surface area (Å²) in [5.74, 6) is 0.791. The molecular weight excluding hydrogens is 387 g/mol. The van der Waals surface area contributed by atoms with E-state index >= 15 is 0 Å². The van der Waals surface area contributed by atoms with Crippen LogP contribution in [0.1, 0.15) is 4.88 Å². The van der Waals surface area contributed by atoms with E-state index in [1.807, 2.05) is 18.0 Å². The van der Waals surface area contributed by atoms with Crippen molar-refractivity contribution in [2.45, 2.75) is 6.54 Å². The molecule has 0 atom stereocenters. The van der Waals surface area contributed by atoms with E-state index in [4.69, 9.17) is 11.6 Å². The van der Waals surface area contributed by atoms with Crippen molar-refractivity contribution in [2.75, 3.05) is 11.9 Å². The van der Waals surface area contributed by atoms with Crippen LogP contribution >= 0.6 is 54.8 Å². The number of halogens is 3. The molecule has 0 bridgehead atoms. The monoisotopic (exact) mass is 394 g/mol. The van der Waals surface area contributed by atoms with Gasteiger partial charge in [0, 0.05) is 32.4 Å². The number of thiophene rings is 1. The molecule has 0 amide bonds. The zero-order chi connectivity index (χ0) is 12.4. The van der Waals surface area contributed by atoms with E-state index in [0.717, 1.165) is 21.3 Å². The summed E-state index contributed by atoms with van der Waals surface area (Å²) in [4.78, 5) is 7.62. The fraction of sp³-hybridized carbons (Fsp3) is 0.182. The summed E-state index contributed by atoms with van der Waals surface area (Å²) in [5, 5.41) is 2.72. The van der Waals surface area contributed by atoms with Crippen molar-refractivity contribution in [1.29, 1.82) is 0 Å². The van der Waals surface area contributed by atoms with Crippen LogP contribution in [-0.4, -0.2) is 12.0 Å². The molecule has 0 aliphatic carbocycles. The molecule has 17 heavy (non-hydrogen) atoms. The molecule has 0 spiro atoms. The van der Waals surface area contributed by atoms with Gasteiger partial charge in [-0.25, -0.2) is 4.98 Å². The molecule has 0 unspecified atom stereocenters. The van der Waals surface area contributed by atoms with Gasteiger partial charge in [0.05, 0.1) is 11.6 Å². The Hall–Kier alpha value is -0.100. The van der Waals surface area contributed by atoms with Crippen molar-refractivity contribution in [2.24, 2.45) is 0 Å². The molecule has 2 aromatic rings. The van der Waals surface area contributed by atoms with E-state index in [1.54, 1.807) is 17.5 Å². The Balaban J connectivity index is 2.17. The number of rotatable bonds is 3. The van der Waals surface area contributed by atoms with Gasteiger partial charge in [0.25, 0.3) is 0 Å². The zero-order valence-corrected chi connectivity index (χ0v) is 13.7. The first-order valence-electron chi connectivity index (χ1n) is 4.81. The fourth-order valence-corrected chi connectivity index (χ4v) is 3.71. The van der Waals surface area contributed by atoms with Gasteiger partial charge in [-0.3, -0.25) is 0 Å². The van der Waals surface area contributed by atoms with E-state index < -0.39 is 0 Å². The van der Waals surface area contributed by atoms with Crippen molar-refractivity contribution >= 4 is 60.6 Å². The van der Waals surface area contributed by atoms with E-state index in [9.17, 15) is 0 Å². The third-order valence-corrected chi connectivity index (χ3v) is 4.56. The van der Waals surface area contributed by atoms with E-state index in [2.05, 4.69) is 48.3 Å². The van der Waals surface area contributed by atoms with Gasteiger partial charge in [-0.15, -0.1) is 11.3 Å². The van der Waals surface area contributed by atoms with Crippen LogP contribution in [0.3, 0.4) is 0 Å². The average molecular weight is 397 g/mol. The molecule has 2 rings (SSSR count). The molecule has 0 aromatic carbocycles. The number of nitrogens with zero attached hydrogens (tertiary/aromatic N) is 2. The minimum atomic E-state index is 0.650. The molecule has 0 fully saturated rings. The van der Waals surface area contributed by atoms with Gasteiger partial charge in [0.15, 0.2) is 0 Å². The summed E-state index contributed by atoms with van der Waals surface area (Å²) < 4.78 is 2.00. The van der Waals surface area contributed by atoms with Crippen molar-refractivity contribution in [3.63, 3.8) is 0 Å². The Morgan fingerprint density at radius 3 is 2.71 bits per heavy atom. The van der Waals surface area contributed by atoms with Crippen molar-refractivity contribution in [1.82, 2.24) is 4.98 Å². The highest BCUT2D eigenvalue weighted by Gasteiger charge is 2.09. The minimum absolute atomic E-state index is 0.650. The standard InChI is InChI=1S/C11H9Br2ClN2S/c1-16(5-9-2-8(13)6-17-9)11-10(14)3-7(12)4-15-11/h2-4,6H,5H2,1H3. The number of pyridine rings is 1. The van der Waals surface area contributed by atoms with Gasteiger partial charge in [-0.2, -0.15) is 0 Å². The Morgan fingerprint density at radius 1 is 1.35 bits per heavy atom. The predicted molar refractivity (Wildman–Crippen MR) is 81.1 cm³/mol. The second-order valence-corrected chi connectivity index (χ2v) is 6.78. The molecule has 6 heteroatoms. The Labute approximate surface area is 126 Å². The highest BCUT2D eigenvalue weighted by atomic mass is 79.9.